The molecule has 0 saturated carbocycles. The standard InChI is InChI=1S/C17H23NOS2/c1-3-4-7-14(2)17(19)18(12-15-8-5-10-20-15)13-16-9-6-11-21-16/h5-6,8-11,14H,3-4,7,12-13H2,1-2H3. The number of amides is 1. The third-order valence-electron chi connectivity index (χ3n) is 3.58. The molecule has 0 aliphatic carbocycles. The zero-order chi connectivity index (χ0) is 15.1. The second-order valence-electron chi connectivity index (χ2n) is 5.40. The largest absolute Gasteiger partial charge is 0.332 e. The zero-order valence-electron chi connectivity index (χ0n) is 12.7. The Balaban J connectivity index is 2.04. The van der Waals surface area contributed by atoms with E-state index in [1.807, 2.05) is 17.0 Å². The lowest BCUT2D eigenvalue weighted by Gasteiger charge is -2.25. The van der Waals surface area contributed by atoms with Crippen LogP contribution in [0.2, 0.25) is 0 Å². The summed E-state index contributed by atoms with van der Waals surface area (Å²) >= 11 is 3.44. The third-order valence-corrected chi connectivity index (χ3v) is 5.30. The molecule has 0 aliphatic rings. The molecule has 1 atom stereocenters. The number of hydrogen-bond acceptors (Lipinski definition) is 3. The van der Waals surface area contributed by atoms with Gasteiger partial charge in [0.2, 0.25) is 5.91 Å². The van der Waals surface area contributed by atoms with Gasteiger partial charge in [-0.2, -0.15) is 0 Å². The van der Waals surface area contributed by atoms with E-state index in [1.54, 1.807) is 22.7 Å². The molecule has 2 nitrogen and oxygen atoms in total. The van der Waals surface area contributed by atoms with Gasteiger partial charge >= 0.3 is 0 Å². The summed E-state index contributed by atoms with van der Waals surface area (Å²) < 4.78 is 0. The van der Waals surface area contributed by atoms with E-state index in [-0.39, 0.29) is 11.8 Å². The molecule has 1 amide bonds. The van der Waals surface area contributed by atoms with Crippen LogP contribution in [0.15, 0.2) is 35.0 Å². The summed E-state index contributed by atoms with van der Waals surface area (Å²) in [6.45, 7) is 5.69. The second kappa shape index (κ2) is 8.35. The van der Waals surface area contributed by atoms with Crippen molar-refractivity contribution in [2.45, 2.75) is 46.2 Å². The maximum Gasteiger partial charge on any atom is 0.226 e. The van der Waals surface area contributed by atoms with Crippen molar-refractivity contribution in [3.8, 4) is 0 Å². The van der Waals surface area contributed by atoms with Crippen LogP contribution in [0.3, 0.4) is 0 Å². The monoisotopic (exact) mass is 321 g/mol. The van der Waals surface area contributed by atoms with Crippen LogP contribution >= 0.6 is 22.7 Å². The Labute approximate surface area is 135 Å². The maximum absolute atomic E-state index is 12.7. The number of carbonyl (C=O) groups excluding carboxylic acids is 1. The van der Waals surface area contributed by atoms with Gasteiger partial charge in [0.1, 0.15) is 0 Å². The number of unbranched alkanes of at least 4 members (excludes halogenated alkanes) is 1. The minimum Gasteiger partial charge on any atom is -0.332 e. The van der Waals surface area contributed by atoms with Gasteiger partial charge < -0.3 is 4.90 Å². The van der Waals surface area contributed by atoms with Crippen LogP contribution in [0.25, 0.3) is 0 Å². The van der Waals surface area contributed by atoms with Crippen molar-refractivity contribution in [3.05, 3.63) is 44.8 Å². The highest BCUT2D eigenvalue weighted by Gasteiger charge is 2.21. The molecule has 0 spiro atoms. The van der Waals surface area contributed by atoms with Crippen LogP contribution in [0.5, 0.6) is 0 Å². The lowest BCUT2D eigenvalue weighted by atomic mass is 10.0. The Hall–Kier alpha value is -1.13. The summed E-state index contributed by atoms with van der Waals surface area (Å²) in [4.78, 5) is 17.3. The molecule has 0 aliphatic heterocycles. The minimum atomic E-state index is 0.116. The van der Waals surface area contributed by atoms with Crippen molar-refractivity contribution >= 4 is 28.6 Å². The van der Waals surface area contributed by atoms with Gasteiger partial charge in [-0.3, -0.25) is 4.79 Å². The molecule has 1 unspecified atom stereocenters. The van der Waals surface area contributed by atoms with Gasteiger partial charge in [-0.1, -0.05) is 38.8 Å². The lowest BCUT2D eigenvalue weighted by molar-refractivity contribution is -0.136. The third kappa shape index (κ3) is 4.97. The molecule has 2 rings (SSSR count). The molecule has 4 heteroatoms. The number of rotatable bonds is 8. The van der Waals surface area contributed by atoms with E-state index in [9.17, 15) is 4.79 Å². The molecule has 0 fully saturated rings. The molecule has 2 heterocycles. The van der Waals surface area contributed by atoms with Crippen molar-refractivity contribution in [2.75, 3.05) is 0 Å². The quantitative estimate of drug-likeness (QED) is 0.657. The molecule has 0 aromatic carbocycles. The summed E-state index contributed by atoms with van der Waals surface area (Å²) in [5.74, 6) is 0.398. The fraction of sp³-hybridized carbons (Fsp3) is 0.471. The maximum atomic E-state index is 12.7. The van der Waals surface area contributed by atoms with E-state index in [1.165, 1.54) is 9.75 Å². The van der Waals surface area contributed by atoms with Crippen LogP contribution in [-0.2, 0) is 17.9 Å². The van der Waals surface area contributed by atoms with E-state index in [2.05, 4.69) is 36.7 Å². The average Bonchev–Trinajstić information content (AvgIpc) is 3.16. The summed E-state index contributed by atoms with van der Waals surface area (Å²) in [6, 6.07) is 8.31. The van der Waals surface area contributed by atoms with Gasteiger partial charge in [0.15, 0.2) is 0 Å². The highest BCUT2D eigenvalue weighted by Crippen LogP contribution is 2.20. The highest BCUT2D eigenvalue weighted by atomic mass is 32.1. The molecule has 0 bridgehead atoms. The van der Waals surface area contributed by atoms with E-state index >= 15 is 0 Å². The second-order valence-corrected chi connectivity index (χ2v) is 7.46. The SMILES string of the molecule is CCCCC(C)C(=O)N(Cc1cccs1)Cc1cccs1. The molecule has 114 valence electrons. The normalized spacial score (nSPS) is 12.3. The van der Waals surface area contributed by atoms with Crippen molar-refractivity contribution in [3.63, 3.8) is 0 Å². The van der Waals surface area contributed by atoms with E-state index < -0.39 is 0 Å². The number of thiophene rings is 2. The molecular weight excluding hydrogens is 298 g/mol. The smallest absolute Gasteiger partial charge is 0.226 e. The molecule has 0 N–H and O–H groups in total. The Bertz CT molecular complexity index is 483. The van der Waals surface area contributed by atoms with Crippen molar-refractivity contribution in [2.24, 2.45) is 5.92 Å². The Morgan fingerprint density at radius 1 is 1.14 bits per heavy atom. The number of carbonyl (C=O) groups is 1. The predicted octanol–water partition coefficient (Wildman–Crippen LogP) is 5.16. The van der Waals surface area contributed by atoms with Crippen LogP contribution < -0.4 is 0 Å². The van der Waals surface area contributed by atoms with E-state index in [0.717, 1.165) is 32.4 Å². The zero-order valence-corrected chi connectivity index (χ0v) is 14.4. The van der Waals surface area contributed by atoms with Crippen LogP contribution in [0, 0.1) is 5.92 Å². The lowest BCUT2D eigenvalue weighted by Crippen LogP contribution is -2.33. The summed E-state index contributed by atoms with van der Waals surface area (Å²) in [7, 11) is 0. The number of nitrogens with zero attached hydrogens (tertiary/aromatic N) is 1. The van der Waals surface area contributed by atoms with Crippen LogP contribution in [0.4, 0.5) is 0 Å². The molecule has 0 saturated heterocycles. The first-order valence-electron chi connectivity index (χ1n) is 7.54. The minimum absolute atomic E-state index is 0.116. The number of hydrogen-bond donors (Lipinski definition) is 0. The van der Waals surface area contributed by atoms with E-state index in [0.29, 0.717) is 0 Å². The summed E-state index contributed by atoms with van der Waals surface area (Å²) in [6.07, 6.45) is 3.26. The van der Waals surface area contributed by atoms with Crippen molar-refractivity contribution in [1.82, 2.24) is 4.90 Å². The van der Waals surface area contributed by atoms with Crippen LogP contribution in [-0.4, -0.2) is 10.8 Å². The van der Waals surface area contributed by atoms with Gasteiger partial charge in [-0.05, 0) is 29.3 Å². The molecular formula is C17H23NOS2. The molecule has 21 heavy (non-hydrogen) atoms. The van der Waals surface area contributed by atoms with Crippen molar-refractivity contribution < 1.29 is 4.79 Å². The molecule has 2 aromatic heterocycles. The highest BCUT2D eigenvalue weighted by molar-refractivity contribution is 7.10. The predicted molar refractivity (Wildman–Crippen MR) is 91.6 cm³/mol. The van der Waals surface area contributed by atoms with Gasteiger partial charge in [0, 0.05) is 15.7 Å². The van der Waals surface area contributed by atoms with Gasteiger partial charge in [0.25, 0.3) is 0 Å². The first-order chi connectivity index (χ1) is 10.2. The summed E-state index contributed by atoms with van der Waals surface area (Å²) in [5.41, 5.74) is 0. The Morgan fingerprint density at radius 2 is 1.71 bits per heavy atom. The van der Waals surface area contributed by atoms with Gasteiger partial charge in [0.05, 0.1) is 13.1 Å². The van der Waals surface area contributed by atoms with Crippen molar-refractivity contribution in [1.29, 1.82) is 0 Å². The first kappa shape index (κ1) is 16.2. The fourth-order valence-corrected chi connectivity index (χ4v) is 3.78. The van der Waals surface area contributed by atoms with Gasteiger partial charge in [-0.25, -0.2) is 0 Å². The molecule has 2 aromatic rings. The molecule has 0 radical (unpaired) electrons. The van der Waals surface area contributed by atoms with Crippen LogP contribution in [0.1, 0.15) is 42.9 Å². The Kier molecular flexibility index (Phi) is 6.46. The van der Waals surface area contributed by atoms with Gasteiger partial charge in [-0.15, -0.1) is 22.7 Å². The Morgan fingerprint density at radius 3 is 2.14 bits per heavy atom. The fourth-order valence-electron chi connectivity index (χ4n) is 2.34. The summed E-state index contributed by atoms with van der Waals surface area (Å²) in [5, 5.41) is 4.15. The average molecular weight is 322 g/mol. The first-order valence-corrected chi connectivity index (χ1v) is 9.30. The van der Waals surface area contributed by atoms with E-state index in [4.69, 9.17) is 0 Å². The topological polar surface area (TPSA) is 20.3 Å².